The van der Waals surface area contributed by atoms with Crippen molar-refractivity contribution >= 4 is 0 Å². The second kappa shape index (κ2) is 6.67. The monoisotopic (exact) mass is 309 g/mol. The first-order valence-corrected chi connectivity index (χ1v) is 7.69. The van der Waals surface area contributed by atoms with E-state index in [0.717, 1.165) is 16.8 Å². The Kier molecular flexibility index (Phi) is 4.44. The molecule has 0 aliphatic heterocycles. The van der Waals surface area contributed by atoms with Crippen LogP contribution in [0.1, 0.15) is 19.4 Å². The van der Waals surface area contributed by atoms with E-state index in [9.17, 15) is 9.90 Å². The molecule has 0 aliphatic carbocycles. The van der Waals surface area contributed by atoms with Gasteiger partial charge in [-0.2, -0.15) is 0 Å². The maximum atomic E-state index is 12.4. The summed E-state index contributed by atoms with van der Waals surface area (Å²) in [6.45, 7) is 1.93. The van der Waals surface area contributed by atoms with Gasteiger partial charge in [0.15, 0.2) is 5.76 Å². The van der Waals surface area contributed by atoms with Crippen LogP contribution in [0, 0.1) is 0 Å². The summed E-state index contributed by atoms with van der Waals surface area (Å²) in [4.78, 5) is 12.4. The molecule has 0 saturated carbocycles. The molecule has 4 nitrogen and oxygen atoms in total. The lowest BCUT2D eigenvalue weighted by atomic mass is 10.0. The van der Waals surface area contributed by atoms with Crippen LogP contribution in [0.5, 0.6) is 0 Å². The molecule has 0 spiro atoms. The summed E-state index contributed by atoms with van der Waals surface area (Å²) >= 11 is 0. The molecule has 1 atom stereocenters. The van der Waals surface area contributed by atoms with Crippen molar-refractivity contribution in [2.45, 2.75) is 19.4 Å². The van der Waals surface area contributed by atoms with E-state index < -0.39 is 5.76 Å². The first-order chi connectivity index (χ1) is 11.2. The quantitative estimate of drug-likeness (QED) is 0.781. The Morgan fingerprint density at radius 2 is 1.57 bits per heavy atom. The third-order valence-electron chi connectivity index (χ3n) is 3.91. The Morgan fingerprint density at radius 3 is 2.13 bits per heavy atom. The summed E-state index contributed by atoms with van der Waals surface area (Å²) in [6.07, 6.45) is 0.494. The zero-order valence-electron chi connectivity index (χ0n) is 13.0. The van der Waals surface area contributed by atoms with Gasteiger partial charge in [0.25, 0.3) is 0 Å². The lowest BCUT2D eigenvalue weighted by Gasteiger charge is -2.14. The van der Waals surface area contributed by atoms with Crippen molar-refractivity contribution in [3.63, 3.8) is 0 Å². The summed E-state index contributed by atoms with van der Waals surface area (Å²) in [6, 6.07) is 19.2. The molecule has 23 heavy (non-hydrogen) atoms. The zero-order chi connectivity index (χ0) is 16.2. The Morgan fingerprint density at radius 1 is 1.00 bits per heavy atom. The molecule has 4 heteroatoms. The Balaban J connectivity index is 2.25. The normalized spacial score (nSPS) is 12.3. The molecule has 0 fully saturated rings. The lowest BCUT2D eigenvalue weighted by molar-refractivity contribution is 0.259. The van der Waals surface area contributed by atoms with Gasteiger partial charge in [0.2, 0.25) is 0 Å². The fourth-order valence-corrected chi connectivity index (χ4v) is 2.75. The average Bonchev–Trinajstić information content (AvgIpc) is 2.94. The summed E-state index contributed by atoms with van der Waals surface area (Å²) < 4.78 is 7.21. The van der Waals surface area contributed by atoms with Crippen LogP contribution in [0.4, 0.5) is 0 Å². The number of benzene rings is 2. The van der Waals surface area contributed by atoms with Gasteiger partial charge in [-0.1, -0.05) is 60.7 Å². The predicted octanol–water partition coefficient (Wildman–Crippen LogP) is 3.72. The van der Waals surface area contributed by atoms with Crippen LogP contribution in [-0.2, 0) is 0 Å². The molecule has 0 amide bonds. The van der Waals surface area contributed by atoms with Gasteiger partial charge in [0, 0.05) is 23.8 Å². The highest BCUT2D eigenvalue weighted by molar-refractivity contribution is 5.77. The molecule has 1 unspecified atom stereocenters. The number of rotatable bonds is 5. The predicted molar refractivity (Wildman–Crippen MR) is 90.3 cm³/mol. The number of hydrogen-bond acceptors (Lipinski definition) is 3. The van der Waals surface area contributed by atoms with Gasteiger partial charge in [-0.05, 0) is 13.3 Å². The molecular formula is C19H19NO3. The van der Waals surface area contributed by atoms with Crippen molar-refractivity contribution in [3.8, 4) is 22.6 Å². The SMILES string of the molecule is CC(CCO)n1c(-c2ccccc2)c(-c2ccccc2)oc1=O. The van der Waals surface area contributed by atoms with Crippen LogP contribution in [0.3, 0.4) is 0 Å². The molecule has 3 aromatic rings. The highest BCUT2D eigenvalue weighted by Gasteiger charge is 2.22. The van der Waals surface area contributed by atoms with E-state index in [1.165, 1.54) is 0 Å². The van der Waals surface area contributed by atoms with Gasteiger partial charge in [0.05, 0.1) is 5.69 Å². The molecule has 1 aromatic heterocycles. The van der Waals surface area contributed by atoms with Crippen molar-refractivity contribution < 1.29 is 9.52 Å². The summed E-state index contributed by atoms with van der Waals surface area (Å²) in [5.41, 5.74) is 2.53. The van der Waals surface area contributed by atoms with Crippen LogP contribution < -0.4 is 5.76 Å². The van der Waals surface area contributed by atoms with Crippen LogP contribution in [0.15, 0.2) is 69.9 Å². The van der Waals surface area contributed by atoms with E-state index in [0.29, 0.717) is 12.2 Å². The van der Waals surface area contributed by atoms with Crippen molar-refractivity contribution in [3.05, 3.63) is 71.2 Å². The molecule has 0 saturated heterocycles. The summed E-state index contributed by atoms with van der Waals surface area (Å²) in [7, 11) is 0. The number of aliphatic hydroxyl groups is 1. The molecule has 1 heterocycles. The Bertz CT molecular complexity index is 819. The Hall–Kier alpha value is -2.59. The topological polar surface area (TPSA) is 55.4 Å². The molecule has 3 rings (SSSR count). The van der Waals surface area contributed by atoms with Gasteiger partial charge in [0.1, 0.15) is 0 Å². The lowest BCUT2D eigenvalue weighted by Crippen LogP contribution is -2.20. The van der Waals surface area contributed by atoms with Gasteiger partial charge < -0.3 is 9.52 Å². The van der Waals surface area contributed by atoms with E-state index in [2.05, 4.69) is 0 Å². The minimum atomic E-state index is -0.399. The number of aliphatic hydroxyl groups excluding tert-OH is 1. The minimum absolute atomic E-state index is 0.0215. The van der Waals surface area contributed by atoms with E-state index >= 15 is 0 Å². The van der Waals surface area contributed by atoms with Gasteiger partial charge in [-0.3, -0.25) is 4.57 Å². The summed E-state index contributed by atoms with van der Waals surface area (Å²) in [5, 5.41) is 9.23. The van der Waals surface area contributed by atoms with Crippen molar-refractivity contribution in [1.82, 2.24) is 4.57 Å². The van der Waals surface area contributed by atoms with E-state index in [4.69, 9.17) is 4.42 Å². The summed E-state index contributed by atoms with van der Waals surface area (Å²) in [5.74, 6) is 0.162. The number of aromatic nitrogens is 1. The standard InChI is InChI=1S/C19H19NO3/c1-14(12-13-21)20-17(15-8-4-2-5-9-15)18(23-19(20)22)16-10-6-3-7-11-16/h2-11,14,21H,12-13H2,1H3. The van der Waals surface area contributed by atoms with Crippen molar-refractivity contribution in [2.24, 2.45) is 0 Å². The molecule has 0 bridgehead atoms. The maximum absolute atomic E-state index is 12.4. The molecule has 118 valence electrons. The smallest absolute Gasteiger partial charge is 0.407 e. The second-order valence-corrected chi connectivity index (χ2v) is 5.51. The van der Waals surface area contributed by atoms with Crippen LogP contribution >= 0.6 is 0 Å². The average molecular weight is 309 g/mol. The minimum Gasteiger partial charge on any atom is -0.407 e. The fourth-order valence-electron chi connectivity index (χ4n) is 2.75. The van der Waals surface area contributed by atoms with Crippen molar-refractivity contribution in [1.29, 1.82) is 0 Å². The van der Waals surface area contributed by atoms with Gasteiger partial charge in [-0.25, -0.2) is 4.79 Å². The maximum Gasteiger partial charge on any atom is 0.420 e. The third-order valence-corrected chi connectivity index (χ3v) is 3.91. The first kappa shape index (κ1) is 15.3. The second-order valence-electron chi connectivity index (χ2n) is 5.51. The molecule has 0 aliphatic rings. The molecule has 2 aromatic carbocycles. The molecule has 1 N–H and O–H groups in total. The highest BCUT2D eigenvalue weighted by Crippen LogP contribution is 2.33. The van der Waals surface area contributed by atoms with Crippen LogP contribution in [0.25, 0.3) is 22.6 Å². The zero-order valence-corrected chi connectivity index (χ0v) is 13.0. The van der Waals surface area contributed by atoms with Gasteiger partial charge in [-0.15, -0.1) is 0 Å². The van der Waals surface area contributed by atoms with Gasteiger partial charge >= 0.3 is 5.76 Å². The first-order valence-electron chi connectivity index (χ1n) is 7.69. The molecular weight excluding hydrogens is 290 g/mol. The Labute approximate surface area is 134 Å². The van der Waals surface area contributed by atoms with E-state index in [-0.39, 0.29) is 12.6 Å². The largest absolute Gasteiger partial charge is 0.420 e. The van der Waals surface area contributed by atoms with Crippen LogP contribution in [0.2, 0.25) is 0 Å². The molecule has 0 radical (unpaired) electrons. The van der Waals surface area contributed by atoms with E-state index in [1.807, 2.05) is 67.6 Å². The number of hydrogen-bond donors (Lipinski definition) is 1. The third kappa shape index (κ3) is 2.98. The number of oxazole rings is 1. The fraction of sp³-hybridized carbons (Fsp3) is 0.211. The number of nitrogens with zero attached hydrogens (tertiary/aromatic N) is 1. The van der Waals surface area contributed by atoms with E-state index in [1.54, 1.807) is 4.57 Å². The van der Waals surface area contributed by atoms with Crippen molar-refractivity contribution in [2.75, 3.05) is 6.61 Å². The van der Waals surface area contributed by atoms with Crippen LogP contribution in [-0.4, -0.2) is 16.3 Å². The highest BCUT2D eigenvalue weighted by atomic mass is 16.4.